The van der Waals surface area contributed by atoms with Gasteiger partial charge in [0, 0.05) is 12.1 Å². The van der Waals surface area contributed by atoms with Crippen LogP contribution in [-0.4, -0.2) is 31.4 Å². The summed E-state index contributed by atoms with van der Waals surface area (Å²) in [5, 5.41) is 0. The van der Waals surface area contributed by atoms with Gasteiger partial charge in [-0.1, -0.05) is 18.6 Å². The largest absolute Gasteiger partial charge is 0.330 e. The third kappa shape index (κ3) is 3.65. The van der Waals surface area contributed by atoms with Crippen molar-refractivity contribution in [1.82, 2.24) is 4.31 Å². The van der Waals surface area contributed by atoms with Crippen LogP contribution in [0.15, 0.2) is 29.2 Å². The number of nitrogens with zero attached hydrogens (tertiary/aromatic N) is 1. The quantitative estimate of drug-likeness (QED) is 0.909. The van der Waals surface area contributed by atoms with Crippen molar-refractivity contribution in [2.75, 3.05) is 6.54 Å². The summed E-state index contributed by atoms with van der Waals surface area (Å²) in [4.78, 5) is 0.402. The highest BCUT2D eigenvalue weighted by molar-refractivity contribution is 7.89. The lowest BCUT2D eigenvalue weighted by atomic mass is 10.0. The molecule has 0 radical (unpaired) electrons. The molecule has 1 aromatic carbocycles. The van der Waals surface area contributed by atoms with E-state index in [2.05, 4.69) is 0 Å². The van der Waals surface area contributed by atoms with Gasteiger partial charge in [-0.2, -0.15) is 4.31 Å². The number of aryl methyl sites for hydroxylation is 1. The second-order valence-electron chi connectivity index (χ2n) is 6.00. The Hall–Kier alpha value is -0.910. The minimum Gasteiger partial charge on any atom is -0.330 e. The molecule has 0 unspecified atom stereocenters. The van der Waals surface area contributed by atoms with Crippen LogP contribution in [0.5, 0.6) is 0 Å². The zero-order chi connectivity index (χ0) is 15.5. The zero-order valence-corrected chi connectivity index (χ0v) is 13.8. The highest BCUT2D eigenvalue weighted by atomic mass is 32.2. The Balaban J connectivity index is 2.22. The van der Waals surface area contributed by atoms with Gasteiger partial charge in [-0.25, -0.2) is 8.42 Å². The third-order valence-electron chi connectivity index (χ3n) is 4.28. The normalized spacial score (nSPS) is 24.1. The molecule has 0 amide bonds. The number of hydrogen-bond acceptors (Lipinski definition) is 3. The fourth-order valence-corrected chi connectivity index (χ4v) is 5.01. The van der Waals surface area contributed by atoms with Gasteiger partial charge < -0.3 is 5.73 Å². The minimum atomic E-state index is -3.39. The summed E-state index contributed by atoms with van der Waals surface area (Å²) in [5.74, 6) is 0. The lowest BCUT2D eigenvalue weighted by Gasteiger charge is -2.37. The fraction of sp³-hybridized carbons (Fsp3) is 0.625. The fourth-order valence-electron chi connectivity index (χ4n) is 3.13. The van der Waals surface area contributed by atoms with Gasteiger partial charge in [-0.05, 0) is 63.8 Å². The van der Waals surface area contributed by atoms with Gasteiger partial charge in [-0.15, -0.1) is 0 Å². The van der Waals surface area contributed by atoms with Crippen molar-refractivity contribution < 1.29 is 8.42 Å². The molecule has 2 N–H and O–H groups in total. The van der Waals surface area contributed by atoms with Crippen LogP contribution < -0.4 is 5.73 Å². The van der Waals surface area contributed by atoms with Crippen LogP contribution >= 0.6 is 0 Å². The van der Waals surface area contributed by atoms with Gasteiger partial charge in [0.05, 0.1) is 4.90 Å². The van der Waals surface area contributed by atoms with Gasteiger partial charge >= 0.3 is 0 Å². The molecule has 0 bridgehead atoms. The van der Waals surface area contributed by atoms with E-state index in [1.165, 1.54) is 0 Å². The molecule has 0 aliphatic carbocycles. The summed E-state index contributed by atoms with van der Waals surface area (Å²) in [5.41, 5.74) is 6.64. The summed E-state index contributed by atoms with van der Waals surface area (Å²) in [7, 11) is -3.39. The maximum absolute atomic E-state index is 12.8. The Morgan fingerprint density at radius 2 is 1.71 bits per heavy atom. The SMILES string of the molecule is C[C@@H]1CCC[C@H](C)N1S(=O)(=O)c1ccc(CCCN)cc1. The van der Waals surface area contributed by atoms with Gasteiger partial charge in [0.25, 0.3) is 0 Å². The molecule has 21 heavy (non-hydrogen) atoms. The highest BCUT2D eigenvalue weighted by Gasteiger charge is 2.35. The molecule has 1 aliphatic rings. The molecule has 2 atom stereocenters. The standard InChI is InChI=1S/C16H26N2O2S/c1-13-5-3-6-14(2)18(13)21(19,20)16-10-8-15(9-11-16)7-4-12-17/h8-11,13-14H,3-7,12,17H2,1-2H3/t13-,14+. The van der Waals surface area contributed by atoms with E-state index in [4.69, 9.17) is 5.73 Å². The van der Waals surface area contributed by atoms with E-state index in [9.17, 15) is 8.42 Å². The molecule has 0 saturated carbocycles. The second kappa shape index (κ2) is 6.90. The van der Waals surface area contributed by atoms with E-state index in [0.717, 1.165) is 37.7 Å². The molecule has 5 heteroatoms. The molecule has 1 aliphatic heterocycles. The van der Waals surface area contributed by atoms with Crippen molar-refractivity contribution in [3.8, 4) is 0 Å². The maximum Gasteiger partial charge on any atom is 0.243 e. The number of benzene rings is 1. The van der Waals surface area contributed by atoms with Crippen molar-refractivity contribution in [3.63, 3.8) is 0 Å². The van der Waals surface area contributed by atoms with Gasteiger partial charge in [0.2, 0.25) is 10.0 Å². The first kappa shape index (κ1) is 16.5. The Bertz CT molecular complexity index is 544. The van der Waals surface area contributed by atoms with Gasteiger partial charge in [-0.3, -0.25) is 0 Å². The molecule has 1 heterocycles. The predicted octanol–water partition coefficient (Wildman–Crippen LogP) is 2.53. The molecule has 1 fully saturated rings. The number of rotatable bonds is 5. The first-order valence-corrected chi connectivity index (χ1v) is 9.23. The predicted molar refractivity (Wildman–Crippen MR) is 85.6 cm³/mol. The van der Waals surface area contributed by atoms with Crippen molar-refractivity contribution in [1.29, 1.82) is 0 Å². The summed E-state index contributed by atoms with van der Waals surface area (Å²) in [6.45, 7) is 4.66. The topological polar surface area (TPSA) is 63.4 Å². The molecule has 0 spiro atoms. The number of hydrogen-bond donors (Lipinski definition) is 1. The summed E-state index contributed by atoms with van der Waals surface area (Å²) >= 11 is 0. The summed E-state index contributed by atoms with van der Waals surface area (Å²) in [6, 6.07) is 7.43. The van der Waals surface area contributed by atoms with Crippen molar-refractivity contribution >= 4 is 10.0 Å². The van der Waals surface area contributed by atoms with Crippen LogP contribution in [0.1, 0.15) is 45.1 Å². The Kier molecular flexibility index (Phi) is 5.41. The van der Waals surface area contributed by atoms with E-state index in [1.807, 2.05) is 26.0 Å². The summed E-state index contributed by atoms with van der Waals surface area (Å²) < 4.78 is 27.4. The number of piperidine rings is 1. The first-order valence-electron chi connectivity index (χ1n) is 7.79. The van der Waals surface area contributed by atoms with Crippen LogP contribution in [0.25, 0.3) is 0 Å². The molecular formula is C16H26N2O2S. The Morgan fingerprint density at radius 3 is 2.24 bits per heavy atom. The van der Waals surface area contributed by atoms with E-state index < -0.39 is 10.0 Å². The van der Waals surface area contributed by atoms with Gasteiger partial charge in [0.1, 0.15) is 0 Å². The molecule has 0 aromatic heterocycles. The smallest absolute Gasteiger partial charge is 0.243 e. The van der Waals surface area contributed by atoms with E-state index >= 15 is 0 Å². The lowest BCUT2D eigenvalue weighted by Crippen LogP contribution is -2.47. The monoisotopic (exact) mass is 310 g/mol. The lowest BCUT2D eigenvalue weighted by molar-refractivity contribution is 0.204. The van der Waals surface area contributed by atoms with Crippen LogP contribution in [0.2, 0.25) is 0 Å². The molecule has 1 aromatic rings. The molecule has 4 nitrogen and oxygen atoms in total. The Morgan fingerprint density at radius 1 is 1.14 bits per heavy atom. The van der Waals surface area contributed by atoms with Crippen molar-refractivity contribution in [2.24, 2.45) is 5.73 Å². The van der Waals surface area contributed by atoms with E-state index in [-0.39, 0.29) is 12.1 Å². The van der Waals surface area contributed by atoms with Crippen molar-refractivity contribution in [2.45, 2.75) is 62.9 Å². The molecule has 1 saturated heterocycles. The van der Waals surface area contributed by atoms with Crippen LogP contribution in [0, 0.1) is 0 Å². The van der Waals surface area contributed by atoms with Gasteiger partial charge in [0.15, 0.2) is 0 Å². The maximum atomic E-state index is 12.8. The minimum absolute atomic E-state index is 0.0793. The average molecular weight is 310 g/mol. The zero-order valence-electron chi connectivity index (χ0n) is 13.0. The van der Waals surface area contributed by atoms with E-state index in [1.54, 1.807) is 16.4 Å². The molecule has 2 rings (SSSR count). The molecular weight excluding hydrogens is 284 g/mol. The van der Waals surface area contributed by atoms with Crippen LogP contribution in [0.3, 0.4) is 0 Å². The Labute approximate surface area is 128 Å². The third-order valence-corrected chi connectivity index (χ3v) is 6.42. The van der Waals surface area contributed by atoms with E-state index in [0.29, 0.717) is 11.4 Å². The van der Waals surface area contributed by atoms with Crippen molar-refractivity contribution in [3.05, 3.63) is 29.8 Å². The first-order chi connectivity index (χ1) is 9.96. The molecule has 118 valence electrons. The second-order valence-corrected chi connectivity index (χ2v) is 7.84. The number of sulfonamides is 1. The highest BCUT2D eigenvalue weighted by Crippen LogP contribution is 2.29. The van der Waals surface area contributed by atoms with Crippen LogP contribution in [-0.2, 0) is 16.4 Å². The average Bonchev–Trinajstić information content (AvgIpc) is 2.45. The number of nitrogens with two attached hydrogens (primary N) is 1. The summed E-state index contributed by atoms with van der Waals surface area (Å²) in [6.07, 6.45) is 4.81. The van der Waals surface area contributed by atoms with Crippen LogP contribution in [0.4, 0.5) is 0 Å².